The molecular weight excluding hydrogens is 392 g/mol. The van der Waals surface area contributed by atoms with E-state index in [0.29, 0.717) is 40.2 Å². The van der Waals surface area contributed by atoms with Crippen molar-refractivity contribution in [1.29, 1.82) is 0 Å². The molecule has 0 bridgehead atoms. The van der Waals surface area contributed by atoms with Crippen LogP contribution in [0.25, 0.3) is 0 Å². The number of aliphatic imine (C=N–C) groups is 2. The molecule has 0 saturated heterocycles. The topological polar surface area (TPSA) is 127 Å². The molecule has 8 nitrogen and oxygen atoms in total. The zero-order chi connectivity index (χ0) is 21.1. The first kappa shape index (κ1) is 21.9. The molecule has 2 rings (SSSR count). The molecule has 0 unspecified atom stereocenters. The fourth-order valence-corrected chi connectivity index (χ4v) is 2.46. The fourth-order valence-electron chi connectivity index (χ4n) is 2.28. The second kappa shape index (κ2) is 11.5. The van der Waals surface area contributed by atoms with Crippen LogP contribution >= 0.6 is 11.6 Å². The number of ether oxygens (including phenoxy) is 1. The number of amides is 1. The number of hydrogen-bond donors (Lipinski definition) is 4. The van der Waals surface area contributed by atoms with Gasteiger partial charge < -0.3 is 21.6 Å². The van der Waals surface area contributed by atoms with E-state index in [1.165, 1.54) is 0 Å². The number of benzene rings is 2. The summed E-state index contributed by atoms with van der Waals surface area (Å²) in [5.74, 6) is 0.707. The number of carbonyl (C=O) groups is 1. The molecule has 0 spiro atoms. The Balaban J connectivity index is 1.97. The van der Waals surface area contributed by atoms with Crippen molar-refractivity contribution >= 4 is 34.9 Å². The van der Waals surface area contributed by atoms with Crippen molar-refractivity contribution in [2.45, 2.75) is 0 Å². The number of amidine groups is 2. The molecule has 0 heterocycles. The van der Waals surface area contributed by atoms with Gasteiger partial charge in [-0.25, -0.2) is 10.4 Å². The van der Waals surface area contributed by atoms with Crippen LogP contribution in [-0.4, -0.2) is 37.8 Å². The molecule has 2 aromatic rings. The zero-order valence-corrected chi connectivity index (χ0v) is 16.7. The van der Waals surface area contributed by atoms with E-state index in [9.17, 15) is 4.79 Å². The van der Waals surface area contributed by atoms with Crippen molar-refractivity contribution in [3.8, 4) is 5.75 Å². The monoisotopic (exact) mass is 414 g/mol. The standard InChI is InChI=1S/C20H23ClN6O2/c1-24-27-19(10-9-18(22)26-15-6-4-5-14(21)13-15)25-11-12-29-17-8-3-2-7-16(17)20(23)28/h2-10,13,24H,11-12H2,1H3,(H2,22,26)(H2,23,28)(H,25,27)/b10-9-. The van der Waals surface area contributed by atoms with Gasteiger partial charge in [0.2, 0.25) is 0 Å². The minimum absolute atomic E-state index is 0.263. The van der Waals surface area contributed by atoms with Gasteiger partial charge in [-0.15, -0.1) is 0 Å². The highest BCUT2D eigenvalue weighted by molar-refractivity contribution is 6.30. The van der Waals surface area contributed by atoms with Gasteiger partial charge in [-0.2, -0.15) is 0 Å². The molecule has 1 amide bonds. The van der Waals surface area contributed by atoms with Crippen LogP contribution < -0.4 is 27.1 Å². The first-order chi connectivity index (χ1) is 14.0. The molecule has 0 aliphatic carbocycles. The summed E-state index contributed by atoms with van der Waals surface area (Å²) in [5, 5.41) is 0.583. The third-order valence-electron chi connectivity index (χ3n) is 3.51. The smallest absolute Gasteiger partial charge is 0.252 e. The highest BCUT2D eigenvalue weighted by atomic mass is 35.5. The number of hydrazine groups is 1. The number of para-hydroxylation sites is 1. The molecule has 0 saturated carbocycles. The Bertz CT molecular complexity index is 927. The van der Waals surface area contributed by atoms with E-state index >= 15 is 0 Å². The quantitative estimate of drug-likeness (QED) is 0.216. The number of nitrogens with zero attached hydrogens (tertiary/aromatic N) is 2. The SMILES string of the molecule is CNNC(/C=C\C(N)=Nc1cccc(Cl)c1)=NCCOc1ccccc1C(N)=O. The largest absolute Gasteiger partial charge is 0.491 e. The highest BCUT2D eigenvalue weighted by Gasteiger charge is 2.07. The van der Waals surface area contributed by atoms with E-state index in [0.717, 1.165) is 0 Å². The van der Waals surface area contributed by atoms with Crippen LogP contribution in [0.15, 0.2) is 70.7 Å². The average molecular weight is 415 g/mol. The van der Waals surface area contributed by atoms with E-state index in [1.54, 1.807) is 67.7 Å². The third kappa shape index (κ3) is 7.65. The van der Waals surface area contributed by atoms with Crippen LogP contribution in [0, 0.1) is 0 Å². The first-order valence-corrected chi connectivity index (χ1v) is 9.14. The Morgan fingerprint density at radius 2 is 1.97 bits per heavy atom. The van der Waals surface area contributed by atoms with Crippen LogP contribution in [0.3, 0.4) is 0 Å². The van der Waals surface area contributed by atoms with Crippen LogP contribution in [0.1, 0.15) is 10.4 Å². The number of nitrogens with two attached hydrogens (primary N) is 2. The van der Waals surface area contributed by atoms with Gasteiger partial charge in [-0.3, -0.25) is 9.79 Å². The van der Waals surface area contributed by atoms with Crippen LogP contribution in [0.4, 0.5) is 5.69 Å². The molecule has 29 heavy (non-hydrogen) atoms. The molecule has 0 aliphatic heterocycles. The molecule has 2 aromatic carbocycles. The maximum absolute atomic E-state index is 11.4. The second-order valence-electron chi connectivity index (χ2n) is 5.70. The van der Waals surface area contributed by atoms with Gasteiger partial charge in [0.1, 0.15) is 24.0 Å². The number of carbonyl (C=O) groups excluding carboxylic acids is 1. The predicted octanol–water partition coefficient (Wildman–Crippen LogP) is 2.19. The first-order valence-electron chi connectivity index (χ1n) is 8.76. The summed E-state index contributed by atoms with van der Waals surface area (Å²) in [6.07, 6.45) is 3.30. The molecule has 0 aliphatic rings. The lowest BCUT2D eigenvalue weighted by Crippen LogP contribution is -2.33. The summed E-state index contributed by atoms with van der Waals surface area (Å²) in [7, 11) is 1.71. The van der Waals surface area contributed by atoms with Crippen LogP contribution in [0.2, 0.25) is 5.02 Å². The summed E-state index contributed by atoms with van der Waals surface area (Å²) >= 11 is 5.94. The van der Waals surface area contributed by atoms with Crippen molar-refractivity contribution in [3.05, 3.63) is 71.3 Å². The van der Waals surface area contributed by atoms with Crippen molar-refractivity contribution < 1.29 is 9.53 Å². The summed E-state index contributed by atoms with van der Waals surface area (Å²) in [6, 6.07) is 13.9. The molecule has 0 aromatic heterocycles. The van der Waals surface area contributed by atoms with Crippen LogP contribution in [0.5, 0.6) is 5.75 Å². The predicted molar refractivity (Wildman–Crippen MR) is 117 cm³/mol. The van der Waals surface area contributed by atoms with Crippen molar-refractivity contribution in [2.75, 3.05) is 20.2 Å². The lowest BCUT2D eigenvalue weighted by atomic mass is 10.2. The molecule has 152 valence electrons. The molecule has 0 atom stereocenters. The van der Waals surface area contributed by atoms with E-state index < -0.39 is 5.91 Å². The third-order valence-corrected chi connectivity index (χ3v) is 3.75. The zero-order valence-electron chi connectivity index (χ0n) is 15.9. The van der Waals surface area contributed by atoms with Crippen molar-refractivity contribution in [3.63, 3.8) is 0 Å². The Labute approximate surface area is 174 Å². The van der Waals surface area contributed by atoms with Crippen LogP contribution in [-0.2, 0) is 0 Å². The Hall–Kier alpha value is -3.36. The Morgan fingerprint density at radius 1 is 1.17 bits per heavy atom. The van der Waals surface area contributed by atoms with Gasteiger partial charge in [0.05, 0.1) is 17.8 Å². The normalized spacial score (nSPS) is 12.2. The summed E-state index contributed by atoms with van der Waals surface area (Å²) in [5.41, 5.74) is 17.9. The van der Waals surface area contributed by atoms with Crippen molar-refractivity contribution in [1.82, 2.24) is 10.9 Å². The summed E-state index contributed by atoms with van der Waals surface area (Å²) in [4.78, 5) is 20.0. The highest BCUT2D eigenvalue weighted by Crippen LogP contribution is 2.18. The number of nitrogens with one attached hydrogen (secondary N) is 2. The fraction of sp³-hybridized carbons (Fsp3) is 0.150. The number of halogens is 1. The minimum atomic E-state index is -0.543. The Kier molecular flexibility index (Phi) is 8.68. The molecule has 0 fully saturated rings. The second-order valence-corrected chi connectivity index (χ2v) is 6.14. The van der Waals surface area contributed by atoms with Gasteiger partial charge in [0, 0.05) is 12.1 Å². The van der Waals surface area contributed by atoms with Gasteiger partial charge in [-0.05, 0) is 42.5 Å². The Morgan fingerprint density at radius 3 is 2.69 bits per heavy atom. The summed E-state index contributed by atoms with van der Waals surface area (Å²) < 4.78 is 5.60. The lowest BCUT2D eigenvalue weighted by Gasteiger charge is -2.09. The van der Waals surface area contributed by atoms with E-state index in [1.807, 2.05) is 0 Å². The molecule has 6 N–H and O–H groups in total. The molecular formula is C20H23ClN6O2. The summed E-state index contributed by atoms with van der Waals surface area (Å²) in [6.45, 7) is 0.603. The lowest BCUT2D eigenvalue weighted by molar-refractivity contribution is 0.0996. The van der Waals surface area contributed by atoms with E-state index in [-0.39, 0.29) is 6.61 Å². The molecule has 0 radical (unpaired) electrons. The minimum Gasteiger partial charge on any atom is -0.491 e. The van der Waals surface area contributed by atoms with E-state index in [2.05, 4.69) is 20.8 Å². The maximum atomic E-state index is 11.4. The van der Waals surface area contributed by atoms with Gasteiger partial charge >= 0.3 is 0 Å². The van der Waals surface area contributed by atoms with Gasteiger partial charge in [0.25, 0.3) is 5.91 Å². The van der Waals surface area contributed by atoms with Crippen molar-refractivity contribution in [2.24, 2.45) is 21.5 Å². The molecule has 9 heteroatoms. The number of hydrogen-bond acceptors (Lipinski definition) is 5. The maximum Gasteiger partial charge on any atom is 0.252 e. The van der Waals surface area contributed by atoms with Gasteiger partial charge in [-0.1, -0.05) is 29.8 Å². The van der Waals surface area contributed by atoms with E-state index in [4.69, 9.17) is 27.8 Å². The number of primary amides is 1. The van der Waals surface area contributed by atoms with Gasteiger partial charge in [0.15, 0.2) is 0 Å². The number of rotatable bonds is 9. The average Bonchev–Trinajstić information content (AvgIpc) is 2.69.